The summed E-state index contributed by atoms with van der Waals surface area (Å²) in [7, 11) is 0. The molecule has 0 saturated carbocycles. The lowest BCUT2D eigenvalue weighted by molar-refractivity contribution is -0.129. The molecule has 0 aliphatic carbocycles. The molecule has 0 unspecified atom stereocenters. The zero-order valence-electron chi connectivity index (χ0n) is 20.5. The summed E-state index contributed by atoms with van der Waals surface area (Å²) in [6.45, 7) is 7.26. The molecule has 1 saturated heterocycles. The van der Waals surface area contributed by atoms with E-state index in [0.29, 0.717) is 46.5 Å². The van der Waals surface area contributed by atoms with Crippen molar-refractivity contribution in [2.24, 2.45) is 5.41 Å². The Hall–Kier alpha value is -3.47. The number of nitrogens with zero attached hydrogens (tertiary/aromatic N) is 3. The van der Waals surface area contributed by atoms with Gasteiger partial charge in [-0.25, -0.2) is 13.8 Å². The molecular formula is C25H30F2N6O3. The maximum absolute atomic E-state index is 12.5. The van der Waals surface area contributed by atoms with Crippen LogP contribution in [0.1, 0.15) is 33.6 Å². The second-order valence-electron chi connectivity index (χ2n) is 10.2. The molecule has 36 heavy (non-hydrogen) atoms. The smallest absolute Gasteiger partial charge is 0.268 e. The predicted octanol–water partition coefficient (Wildman–Crippen LogP) is 4.54. The van der Waals surface area contributed by atoms with Crippen molar-refractivity contribution in [1.82, 2.24) is 15.3 Å². The molecule has 9 nitrogen and oxygen atoms in total. The number of hydrogen-bond acceptors (Lipinski definition) is 8. The van der Waals surface area contributed by atoms with E-state index in [0.717, 1.165) is 25.9 Å². The van der Waals surface area contributed by atoms with Gasteiger partial charge in [0.2, 0.25) is 5.95 Å². The molecule has 2 aliphatic heterocycles. The first-order valence-electron chi connectivity index (χ1n) is 12.0. The summed E-state index contributed by atoms with van der Waals surface area (Å²) >= 11 is 0. The van der Waals surface area contributed by atoms with Crippen molar-refractivity contribution in [3.05, 3.63) is 30.5 Å². The minimum Gasteiger partial charge on any atom is -0.476 e. The number of ether oxygens (including phenoxy) is 1. The van der Waals surface area contributed by atoms with E-state index in [9.17, 15) is 13.6 Å². The highest BCUT2D eigenvalue weighted by molar-refractivity contribution is 6.00. The Morgan fingerprint density at radius 2 is 1.94 bits per heavy atom. The lowest BCUT2D eigenvalue weighted by atomic mass is 9.80. The maximum atomic E-state index is 12.5. The fourth-order valence-corrected chi connectivity index (χ4v) is 4.55. The quantitative estimate of drug-likeness (QED) is 0.435. The lowest BCUT2D eigenvalue weighted by Crippen LogP contribution is -2.45. The molecule has 3 N–H and O–H groups in total. The number of benzene rings is 1. The molecule has 11 heteroatoms. The van der Waals surface area contributed by atoms with Crippen LogP contribution in [0.4, 0.5) is 31.9 Å². The molecule has 0 spiro atoms. The Labute approximate surface area is 207 Å². The van der Waals surface area contributed by atoms with Gasteiger partial charge in [-0.3, -0.25) is 4.79 Å². The van der Waals surface area contributed by atoms with Crippen LogP contribution in [0.15, 0.2) is 34.9 Å². The molecule has 1 fully saturated rings. The molecule has 0 atom stereocenters. The molecular weight excluding hydrogens is 470 g/mol. The fourth-order valence-electron chi connectivity index (χ4n) is 4.55. The van der Waals surface area contributed by atoms with Gasteiger partial charge in [-0.05, 0) is 50.3 Å². The average Bonchev–Trinajstić information content (AvgIpc) is 3.28. The predicted molar refractivity (Wildman–Crippen MR) is 133 cm³/mol. The molecule has 1 amide bonds. The summed E-state index contributed by atoms with van der Waals surface area (Å²) < 4.78 is 36.5. The summed E-state index contributed by atoms with van der Waals surface area (Å²) in [6.07, 6.45) is 0.902. The summed E-state index contributed by atoms with van der Waals surface area (Å²) in [6, 6.07) is 7.21. The Morgan fingerprint density at radius 1 is 1.17 bits per heavy atom. The molecule has 4 heterocycles. The van der Waals surface area contributed by atoms with Gasteiger partial charge in [0, 0.05) is 31.4 Å². The first kappa shape index (κ1) is 24.2. The highest BCUT2D eigenvalue weighted by Crippen LogP contribution is 2.37. The van der Waals surface area contributed by atoms with E-state index in [1.165, 1.54) is 0 Å². The first-order valence-corrected chi connectivity index (χ1v) is 12.0. The Morgan fingerprint density at radius 3 is 2.69 bits per heavy atom. The SMILES string of the molecule is CC1(CNCC(F)F)CCN(c2nc(Nc3ccc4c(c3)NC(=O)C(C)(C)O4)nc3ccoc23)CC1. The van der Waals surface area contributed by atoms with Gasteiger partial charge < -0.3 is 30.0 Å². The molecule has 0 radical (unpaired) electrons. The van der Waals surface area contributed by atoms with Crippen LogP contribution in [-0.2, 0) is 4.79 Å². The summed E-state index contributed by atoms with van der Waals surface area (Å²) in [5.74, 6) is 1.46. The maximum Gasteiger partial charge on any atom is 0.268 e. The van der Waals surface area contributed by atoms with Gasteiger partial charge in [0.15, 0.2) is 17.0 Å². The standard InChI is InChI=1S/C25H30F2N6O3/c1-24(2)22(34)30-17-12-15(4-5-18(17)36-24)29-23-31-16-6-11-35-20(16)21(32-23)33-9-7-25(3,8-10-33)14-28-13-19(26)27/h4-6,11-12,19,28H,7-10,13-14H2,1-3H3,(H,30,34)(H,29,31,32). The number of carbonyl (C=O) groups is 1. The molecule has 0 bridgehead atoms. The molecule has 3 aromatic rings. The Bertz CT molecular complexity index is 1270. The zero-order chi connectivity index (χ0) is 25.5. The van der Waals surface area contributed by atoms with Crippen molar-refractivity contribution < 1.29 is 22.7 Å². The van der Waals surface area contributed by atoms with Crippen LogP contribution in [0.2, 0.25) is 0 Å². The molecule has 5 rings (SSSR count). The van der Waals surface area contributed by atoms with Crippen LogP contribution in [0.5, 0.6) is 5.75 Å². The van der Waals surface area contributed by atoms with Crippen LogP contribution in [-0.4, -0.2) is 54.1 Å². The van der Waals surface area contributed by atoms with E-state index in [1.54, 1.807) is 38.3 Å². The third-order valence-corrected chi connectivity index (χ3v) is 6.80. The van der Waals surface area contributed by atoms with Crippen molar-refractivity contribution in [3.63, 3.8) is 0 Å². The second kappa shape index (κ2) is 9.20. The third kappa shape index (κ3) is 4.92. The summed E-state index contributed by atoms with van der Waals surface area (Å²) in [5, 5.41) is 8.99. The number of carbonyl (C=O) groups excluding carboxylic acids is 1. The second-order valence-corrected chi connectivity index (χ2v) is 10.2. The first-order chi connectivity index (χ1) is 17.1. The van der Waals surface area contributed by atoms with Crippen molar-refractivity contribution in [3.8, 4) is 5.75 Å². The third-order valence-electron chi connectivity index (χ3n) is 6.80. The van der Waals surface area contributed by atoms with E-state index in [1.807, 2.05) is 6.07 Å². The molecule has 2 aliphatic rings. The van der Waals surface area contributed by atoms with E-state index >= 15 is 0 Å². The summed E-state index contributed by atoms with van der Waals surface area (Å²) in [4.78, 5) is 23.8. The number of hydrogen-bond donors (Lipinski definition) is 3. The van der Waals surface area contributed by atoms with Gasteiger partial charge in [-0.1, -0.05) is 6.92 Å². The van der Waals surface area contributed by atoms with Crippen molar-refractivity contribution in [1.29, 1.82) is 0 Å². The fraction of sp³-hybridized carbons (Fsp3) is 0.480. The topological polar surface area (TPSA) is 105 Å². The zero-order valence-corrected chi connectivity index (χ0v) is 20.5. The van der Waals surface area contributed by atoms with Crippen LogP contribution in [0.3, 0.4) is 0 Å². The Balaban J connectivity index is 1.33. The van der Waals surface area contributed by atoms with Crippen LogP contribution >= 0.6 is 0 Å². The largest absolute Gasteiger partial charge is 0.476 e. The Kier molecular flexibility index (Phi) is 6.19. The van der Waals surface area contributed by atoms with Crippen LogP contribution in [0.25, 0.3) is 11.1 Å². The minimum absolute atomic E-state index is 0.0635. The number of aromatic nitrogens is 2. The number of piperidine rings is 1. The number of halogens is 2. The van der Waals surface area contributed by atoms with Gasteiger partial charge in [-0.15, -0.1) is 0 Å². The normalized spacial score (nSPS) is 18.6. The summed E-state index contributed by atoms with van der Waals surface area (Å²) in [5.41, 5.74) is 1.55. The van der Waals surface area contributed by atoms with Gasteiger partial charge in [-0.2, -0.15) is 4.98 Å². The molecule has 1 aromatic carbocycles. The number of nitrogens with one attached hydrogen (secondary N) is 3. The number of amides is 1. The number of furan rings is 1. The average molecular weight is 501 g/mol. The van der Waals surface area contributed by atoms with E-state index in [-0.39, 0.29) is 17.9 Å². The monoisotopic (exact) mass is 500 g/mol. The van der Waals surface area contributed by atoms with Crippen LogP contribution in [0, 0.1) is 5.41 Å². The number of fused-ring (bicyclic) bond motifs is 2. The van der Waals surface area contributed by atoms with E-state index in [2.05, 4.69) is 32.8 Å². The van der Waals surface area contributed by atoms with Gasteiger partial charge in [0.05, 0.1) is 18.5 Å². The van der Waals surface area contributed by atoms with Gasteiger partial charge in [0.1, 0.15) is 11.3 Å². The van der Waals surface area contributed by atoms with E-state index < -0.39 is 12.0 Å². The molecule has 2 aromatic heterocycles. The van der Waals surface area contributed by atoms with Crippen LogP contribution < -0.4 is 25.6 Å². The minimum atomic E-state index is -2.35. The van der Waals surface area contributed by atoms with Crippen molar-refractivity contribution in [2.45, 2.75) is 45.6 Å². The van der Waals surface area contributed by atoms with Gasteiger partial charge in [0.25, 0.3) is 12.3 Å². The van der Waals surface area contributed by atoms with Gasteiger partial charge >= 0.3 is 0 Å². The highest BCUT2D eigenvalue weighted by Gasteiger charge is 2.35. The molecule has 192 valence electrons. The lowest BCUT2D eigenvalue weighted by Gasteiger charge is -2.40. The number of alkyl halides is 2. The van der Waals surface area contributed by atoms with E-state index in [4.69, 9.17) is 14.1 Å². The number of anilines is 4. The van der Waals surface area contributed by atoms with Crippen molar-refractivity contribution >= 4 is 40.1 Å². The number of rotatable bonds is 7. The van der Waals surface area contributed by atoms with Crippen molar-refractivity contribution in [2.75, 3.05) is 41.7 Å². The highest BCUT2D eigenvalue weighted by atomic mass is 19.3.